The number of carbonyl (C=O) groups excluding carboxylic acids is 3. The Hall–Kier alpha value is -4.38. The Bertz CT molecular complexity index is 1500. The molecular formula is C27H24BrFN4O5. The second-order valence-corrected chi connectivity index (χ2v) is 9.08. The smallest absolute Gasteiger partial charge is 0.328 e. The molecule has 38 heavy (non-hydrogen) atoms. The molecule has 9 nitrogen and oxygen atoms in total. The van der Waals surface area contributed by atoms with Gasteiger partial charge in [-0.25, -0.2) is 9.07 Å². The maximum atomic E-state index is 13.2. The molecule has 3 aromatic carbocycles. The van der Waals surface area contributed by atoms with Crippen LogP contribution in [-0.4, -0.2) is 43.2 Å². The molecule has 3 N–H and O–H groups in total. The molecule has 196 valence electrons. The van der Waals surface area contributed by atoms with Crippen molar-refractivity contribution >= 4 is 50.2 Å². The van der Waals surface area contributed by atoms with Gasteiger partial charge in [-0.2, -0.15) is 0 Å². The molecule has 0 radical (unpaired) electrons. The summed E-state index contributed by atoms with van der Waals surface area (Å²) in [6, 6.07) is 17.5. The molecule has 0 unspecified atom stereocenters. The van der Waals surface area contributed by atoms with Crippen LogP contribution in [0.1, 0.15) is 16.1 Å². The van der Waals surface area contributed by atoms with Gasteiger partial charge in [-0.15, -0.1) is 0 Å². The zero-order valence-corrected chi connectivity index (χ0v) is 22.1. The fraction of sp³-hybridized carbons (Fsp3) is 0.148. The fourth-order valence-corrected chi connectivity index (χ4v) is 4.17. The number of fused-ring (bicyclic) bond motifs is 1. The first-order valence-electron chi connectivity index (χ1n) is 11.5. The van der Waals surface area contributed by atoms with Crippen molar-refractivity contribution in [1.82, 2.24) is 9.99 Å². The minimum atomic E-state index is -0.950. The molecular weight excluding hydrogens is 559 g/mol. The summed E-state index contributed by atoms with van der Waals surface area (Å²) in [7, 11) is 3.08. The third-order valence-corrected chi connectivity index (χ3v) is 6.16. The normalized spacial score (nSPS) is 10.6. The minimum Gasteiger partial charge on any atom is -0.493 e. The van der Waals surface area contributed by atoms with Gasteiger partial charge in [0, 0.05) is 22.1 Å². The van der Waals surface area contributed by atoms with Crippen LogP contribution in [0.2, 0.25) is 0 Å². The van der Waals surface area contributed by atoms with Crippen molar-refractivity contribution in [2.75, 3.05) is 31.5 Å². The average Bonchev–Trinajstić information content (AvgIpc) is 3.26. The largest absolute Gasteiger partial charge is 0.493 e. The van der Waals surface area contributed by atoms with Gasteiger partial charge in [0.1, 0.15) is 11.5 Å². The third-order valence-electron chi connectivity index (χ3n) is 5.67. The van der Waals surface area contributed by atoms with Gasteiger partial charge < -0.3 is 20.1 Å². The van der Waals surface area contributed by atoms with Crippen LogP contribution in [0, 0.1) is 5.82 Å². The second-order valence-electron chi connectivity index (χ2n) is 8.17. The molecule has 0 aliphatic carbocycles. The van der Waals surface area contributed by atoms with E-state index in [0.29, 0.717) is 34.5 Å². The molecule has 3 amide bonds. The number of anilines is 1. The van der Waals surface area contributed by atoms with Crippen LogP contribution in [0.15, 0.2) is 71.2 Å². The monoisotopic (exact) mass is 582 g/mol. The summed E-state index contributed by atoms with van der Waals surface area (Å²) in [5.74, 6) is -1.66. The van der Waals surface area contributed by atoms with E-state index in [1.165, 1.54) is 36.1 Å². The molecule has 0 saturated heterocycles. The zero-order chi connectivity index (χ0) is 27.2. The zero-order valence-electron chi connectivity index (χ0n) is 20.5. The number of benzene rings is 3. The highest BCUT2D eigenvalue weighted by molar-refractivity contribution is 9.10. The Balaban J connectivity index is 1.47. The van der Waals surface area contributed by atoms with E-state index in [9.17, 15) is 18.8 Å². The average molecular weight is 583 g/mol. The molecule has 4 aromatic rings. The van der Waals surface area contributed by atoms with Crippen LogP contribution in [0.25, 0.3) is 10.9 Å². The van der Waals surface area contributed by atoms with Crippen LogP contribution >= 0.6 is 15.9 Å². The van der Waals surface area contributed by atoms with Gasteiger partial charge >= 0.3 is 11.8 Å². The van der Waals surface area contributed by atoms with Crippen LogP contribution in [-0.2, 0) is 16.0 Å². The number of hydrogen-bond acceptors (Lipinski definition) is 5. The summed E-state index contributed by atoms with van der Waals surface area (Å²) in [6.45, 7) is 0.193. The highest BCUT2D eigenvalue weighted by Crippen LogP contribution is 2.27. The Morgan fingerprint density at radius 3 is 2.34 bits per heavy atom. The molecule has 0 aliphatic rings. The minimum absolute atomic E-state index is 0.0777. The van der Waals surface area contributed by atoms with E-state index in [1.807, 2.05) is 6.07 Å². The van der Waals surface area contributed by atoms with E-state index in [0.717, 1.165) is 10.0 Å². The standard InChI is InChI=1S/C27H24BrFN4O5/c1-37-23-10-3-16(13-24(23)38-2)11-12-30-26(35)27(36)32-33-21-9-4-18(28)14-17(21)15-22(33)25(34)31-20-7-5-19(29)6-8-20/h3-10,13-15H,11-12H2,1-2H3,(H,30,35)(H,31,34)(H,32,36). The van der Waals surface area contributed by atoms with Crippen molar-refractivity contribution in [3.05, 3.63) is 88.3 Å². The van der Waals surface area contributed by atoms with Gasteiger partial charge in [-0.1, -0.05) is 22.0 Å². The van der Waals surface area contributed by atoms with E-state index in [4.69, 9.17) is 9.47 Å². The van der Waals surface area contributed by atoms with Gasteiger partial charge in [0.25, 0.3) is 5.91 Å². The van der Waals surface area contributed by atoms with Crippen LogP contribution in [0.3, 0.4) is 0 Å². The van der Waals surface area contributed by atoms with E-state index < -0.39 is 23.5 Å². The molecule has 1 aromatic heterocycles. The van der Waals surface area contributed by atoms with Crippen molar-refractivity contribution in [2.45, 2.75) is 6.42 Å². The topological polar surface area (TPSA) is 111 Å². The second kappa shape index (κ2) is 11.8. The first-order chi connectivity index (χ1) is 18.3. The molecule has 0 bridgehead atoms. The van der Waals surface area contributed by atoms with Gasteiger partial charge in [0.15, 0.2) is 11.5 Å². The fourth-order valence-electron chi connectivity index (χ4n) is 3.79. The maximum absolute atomic E-state index is 13.2. The SMILES string of the molecule is COc1ccc(CCNC(=O)C(=O)Nn2c(C(=O)Nc3ccc(F)cc3)cc3cc(Br)ccc32)cc1OC. The van der Waals surface area contributed by atoms with E-state index in [2.05, 4.69) is 32.0 Å². The van der Waals surface area contributed by atoms with E-state index in [-0.39, 0.29) is 12.2 Å². The summed E-state index contributed by atoms with van der Waals surface area (Å²) in [6.07, 6.45) is 0.450. The summed E-state index contributed by atoms with van der Waals surface area (Å²) < 4.78 is 25.8. The Kier molecular flexibility index (Phi) is 8.27. The number of nitrogens with zero attached hydrogens (tertiary/aromatic N) is 1. The van der Waals surface area contributed by atoms with Crippen molar-refractivity contribution < 1.29 is 28.2 Å². The van der Waals surface area contributed by atoms with Gasteiger partial charge in [0.05, 0.1) is 19.7 Å². The number of aromatic nitrogens is 1. The number of carbonyl (C=O) groups is 3. The van der Waals surface area contributed by atoms with Crippen molar-refractivity contribution in [3.8, 4) is 11.5 Å². The van der Waals surface area contributed by atoms with E-state index >= 15 is 0 Å². The summed E-state index contributed by atoms with van der Waals surface area (Å²) >= 11 is 3.39. The van der Waals surface area contributed by atoms with Crippen LogP contribution < -0.4 is 25.5 Å². The lowest BCUT2D eigenvalue weighted by molar-refractivity contribution is -0.136. The first-order valence-corrected chi connectivity index (χ1v) is 12.3. The summed E-state index contributed by atoms with van der Waals surface area (Å²) in [5.41, 5.74) is 4.33. The predicted molar refractivity (Wildman–Crippen MR) is 145 cm³/mol. The number of amides is 3. The Labute approximate surface area is 226 Å². The Morgan fingerprint density at radius 1 is 0.895 bits per heavy atom. The highest BCUT2D eigenvalue weighted by Gasteiger charge is 2.21. The number of methoxy groups -OCH3 is 2. The molecule has 0 saturated carbocycles. The van der Waals surface area contributed by atoms with Gasteiger partial charge in [-0.3, -0.25) is 19.8 Å². The highest BCUT2D eigenvalue weighted by atomic mass is 79.9. The van der Waals surface area contributed by atoms with Crippen molar-refractivity contribution in [3.63, 3.8) is 0 Å². The lowest BCUT2D eigenvalue weighted by Crippen LogP contribution is -2.40. The molecule has 0 spiro atoms. The number of nitrogens with one attached hydrogen (secondary N) is 3. The maximum Gasteiger partial charge on any atom is 0.328 e. The summed E-state index contributed by atoms with van der Waals surface area (Å²) in [4.78, 5) is 38.4. The molecule has 11 heteroatoms. The number of rotatable bonds is 8. The molecule has 0 atom stereocenters. The van der Waals surface area contributed by atoms with Crippen LogP contribution in [0.5, 0.6) is 11.5 Å². The lowest BCUT2D eigenvalue weighted by atomic mass is 10.1. The molecule has 1 heterocycles. The molecule has 0 aliphatic heterocycles. The first kappa shape index (κ1) is 26.7. The number of halogens is 2. The third kappa shape index (κ3) is 6.12. The quantitative estimate of drug-likeness (QED) is 0.269. The lowest BCUT2D eigenvalue weighted by Gasteiger charge is -2.13. The van der Waals surface area contributed by atoms with Gasteiger partial charge in [0.2, 0.25) is 0 Å². The molecule has 0 fully saturated rings. The summed E-state index contributed by atoms with van der Waals surface area (Å²) in [5, 5.41) is 5.90. The van der Waals surface area contributed by atoms with E-state index in [1.54, 1.807) is 43.5 Å². The van der Waals surface area contributed by atoms with Gasteiger partial charge in [-0.05, 0) is 72.6 Å². The van der Waals surface area contributed by atoms with Crippen molar-refractivity contribution in [2.24, 2.45) is 0 Å². The molecule has 4 rings (SSSR count). The Morgan fingerprint density at radius 2 is 1.63 bits per heavy atom. The number of ether oxygens (including phenoxy) is 2. The van der Waals surface area contributed by atoms with Crippen molar-refractivity contribution in [1.29, 1.82) is 0 Å². The predicted octanol–water partition coefficient (Wildman–Crippen LogP) is 4.24. The number of hydrogen-bond donors (Lipinski definition) is 3. The van der Waals surface area contributed by atoms with Crippen LogP contribution in [0.4, 0.5) is 10.1 Å².